The lowest BCUT2D eigenvalue weighted by atomic mass is 10.0. The van der Waals surface area contributed by atoms with Gasteiger partial charge in [0.2, 0.25) is 0 Å². The van der Waals surface area contributed by atoms with Gasteiger partial charge in [-0.1, -0.05) is 109 Å². The summed E-state index contributed by atoms with van der Waals surface area (Å²) in [4.78, 5) is 5.07. The van der Waals surface area contributed by atoms with E-state index in [1.54, 1.807) is 0 Å². The van der Waals surface area contributed by atoms with Crippen LogP contribution >= 0.6 is 0 Å². The zero-order chi connectivity index (χ0) is 28.8. The minimum absolute atomic E-state index is 0.998. The van der Waals surface area contributed by atoms with Crippen LogP contribution in [0.1, 0.15) is 0 Å². The highest BCUT2D eigenvalue weighted by molar-refractivity contribution is 6.20. The lowest BCUT2D eigenvalue weighted by molar-refractivity contribution is 1.19. The molecule has 0 fully saturated rings. The van der Waals surface area contributed by atoms with Gasteiger partial charge in [0.15, 0.2) is 0 Å². The first kappa shape index (κ1) is 23.6. The third kappa shape index (κ3) is 3.18. The largest absolute Gasteiger partial charge is 0.309 e. The quantitative estimate of drug-likeness (QED) is 0.193. The molecule has 10 aromatic rings. The molecule has 3 aromatic heterocycles. The fourth-order valence-corrected chi connectivity index (χ4v) is 7.30. The molecule has 3 heterocycles. The number of hydrogen-bond acceptors (Lipinski definition) is 1. The smallest absolute Gasteiger partial charge is 0.146 e. The molecule has 3 heteroatoms. The number of nitrogens with zero attached hydrogens (tertiary/aromatic N) is 3. The van der Waals surface area contributed by atoms with Crippen LogP contribution in [0.25, 0.3) is 87.7 Å². The van der Waals surface area contributed by atoms with E-state index in [2.05, 4.69) is 161 Å². The zero-order valence-corrected chi connectivity index (χ0v) is 23.8. The molecular weight excluding hydrogens is 534 g/mol. The number of hydrogen-bond donors (Lipinski definition) is 0. The summed E-state index contributed by atoms with van der Waals surface area (Å²) in [6, 6.07) is 54.9. The predicted octanol–water partition coefficient (Wildman–Crippen LogP) is 10.7. The first-order chi connectivity index (χ1) is 21.8. The maximum Gasteiger partial charge on any atom is 0.146 e. The highest BCUT2D eigenvalue weighted by Gasteiger charge is 2.18. The SMILES string of the molecule is c1ccc(-c2ccc3c(c2)c2ccc4ccccc4c2n3-c2ccc3c(c2)c2ccccc2c2nc4ccccc4n32)cc1. The molecule has 7 aromatic carbocycles. The first-order valence-electron chi connectivity index (χ1n) is 15.1. The second-order valence-corrected chi connectivity index (χ2v) is 11.6. The van der Waals surface area contributed by atoms with Crippen LogP contribution in [0.2, 0.25) is 0 Å². The van der Waals surface area contributed by atoms with Gasteiger partial charge in [-0.3, -0.25) is 4.40 Å². The van der Waals surface area contributed by atoms with Gasteiger partial charge < -0.3 is 4.57 Å². The van der Waals surface area contributed by atoms with E-state index in [0.717, 1.165) is 33.3 Å². The van der Waals surface area contributed by atoms with Gasteiger partial charge in [-0.2, -0.15) is 0 Å². The average Bonchev–Trinajstić information content (AvgIpc) is 3.65. The minimum atomic E-state index is 0.998. The first-order valence-corrected chi connectivity index (χ1v) is 15.1. The molecule has 0 radical (unpaired) electrons. The second-order valence-electron chi connectivity index (χ2n) is 11.6. The van der Waals surface area contributed by atoms with Crippen LogP contribution in [0.3, 0.4) is 0 Å². The molecule has 0 saturated heterocycles. The van der Waals surface area contributed by atoms with E-state index in [4.69, 9.17) is 4.98 Å². The Labute approximate surface area is 252 Å². The lowest BCUT2D eigenvalue weighted by Gasteiger charge is -2.14. The van der Waals surface area contributed by atoms with Crippen molar-refractivity contribution in [2.24, 2.45) is 0 Å². The standard InChI is InChI=1S/C41H25N3/c1-2-10-26(11-3-1)28-19-22-37-34(24-28)32-21-18-27-12-4-5-13-30(27)40(32)43(37)29-20-23-38-35(25-29)31-14-6-7-15-33(31)41-42-36-16-8-9-17-39(36)44(38)41/h1-25H. The molecule has 3 nitrogen and oxygen atoms in total. The molecule has 0 aliphatic heterocycles. The van der Waals surface area contributed by atoms with Crippen molar-refractivity contribution in [3.05, 3.63) is 152 Å². The molecule has 0 bridgehead atoms. The van der Waals surface area contributed by atoms with Crippen LogP contribution in [0.5, 0.6) is 0 Å². The number of pyridine rings is 1. The van der Waals surface area contributed by atoms with Crippen LogP contribution in [-0.4, -0.2) is 14.0 Å². The Hall–Kier alpha value is -5.93. The summed E-state index contributed by atoms with van der Waals surface area (Å²) in [5, 5.41) is 8.60. The van der Waals surface area contributed by atoms with Gasteiger partial charge in [0, 0.05) is 32.6 Å². The van der Waals surface area contributed by atoms with Crippen molar-refractivity contribution in [2.75, 3.05) is 0 Å². The van der Waals surface area contributed by atoms with Crippen molar-refractivity contribution in [1.29, 1.82) is 0 Å². The van der Waals surface area contributed by atoms with Gasteiger partial charge in [-0.25, -0.2) is 4.98 Å². The highest BCUT2D eigenvalue weighted by Crippen LogP contribution is 2.40. The van der Waals surface area contributed by atoms with Crippen molar-refractivity contribution in [3.63, 3.8) is 0 Å². The van der Waals surface area contributed by atoms with Gasteiger partial charge in [0.05, 0.1) is 27.6 Å². The molecule has 10 rings (SSSR count). The number of rotatable bonds is 2. The van der Waals surface area contributed by atoms with E-state index < -0.39 is 0 Å². The number of para-hydroxylation sites is 2. The fourth-order valence-electron chi connectivity index (χ4n) is 7.30. The summed E-state index contributed by atoms with van der Waals surface area (Å²) >= 11 is 0. The fraction of sp³-hybridized carbons (Fsp3) is 0. The van der Waals surface area contributed by atoms with Gasteiger partial charge in [-0.15, -0.1) is 0 Å². The lowest BCUT2D eigenvalue weighted by Crippen LogP contribution is -1.97. The molecule has 0 unspecified atom stereocenters. The monoisotopic (exact) mass is 559 g/mol. The summed E-state index contributed by atoms with van der Waals surface area (Å²) in [6.45, 7) is 0. The van der Waals surface area contributed by atoms with Crippen molar-refractivity contribution < 1.29 is 0 Å². The zero-order valence-electron chi connectivity index (χ0n) is 23.8. The molecule has 0 saturated carbocycles. The number of aromatic nitrogens is 3. The van der Waals surface area contributed by atoms with E-state index in [-0.39, 0.29) is 0 Å². The maximum absolute atomic E-state index is 5.07. The molecule has 0 aliphatic rings. The Balaban J connectivity index is 1.35. The van der Waals surface area contributed by atoms with Crippen LogP contribution in [-0.2, 0) is 0 Å². The summed E-state index contributed by atoms with van der Waals surface area (Å²) in [5.41, 5.74) is 10.3. The average molecular weight is 560 g/mol. The van der Waals surface area contributed by atoms with Gasteiger partial charge >= 0.3 is 0 Å². The Kier molecular flexibility index (Phi) is 4.72. The Bertz CT molecular complexity index is 2770. The number of imidazole rings is 1. The topological polar surface area (TPSA) is 22.2 Å². The summed E-state index contributed by atoms with van der Waals surface area (Å²) in [5.74, 6) is 0. The normalized spacial score (nSPS) is 12.1. The molecular formula is C41H25N3. The molecule has 0 N–H and O–H groups in total. The molecule has 44 heavy (non-hydrogen) atoms. The number of benzene rings is 7. The Morgan fingerprint density at radius 1 is 0.409 bits per heavy atom. The summed E-state index contributed by atoms with van der Waals surface area (Å²) in [7, 11) is 0. The van der Waals surface area contributed by atoms with Crippen molar-refractivity contribution in [2.45, 2.75) is 0 Å². The van der Waals surface area contributed by atoms with E-state index in [1.807, 2.05) is 0 Å². The molecule has 0 atom stereocenters. The van der Waals surface area contributed by atoms with Crippen LogP contribution in [0.15, 0.2) is 152 Å². The van der Waals surface area contributed by atoms with E-state index in [9.17, 15) is 0 Å². The van der Waals surface area contributed by atoms with E-state index >= 15 is 0 Å². The molecule has 0 amide bonds. The van der Waals surface area contributed by atoms with E-state index in [0.29, 0.717) is 0 Å². The maximum atomic E-state index is 5.07. The van der Waals surface area contributed by atoms with Crippen LogP contribution < -0.4 is 0 Å². The van der Waals surface area contributed by atoms with E-state index in [1.165, 1.54) is 54.5 Å². The number of fused-ring (bicyclic) bond motifs is 13. The Morgan fingerprint density at radius 3 is 2.05 bits per heavy atom. The van der Waals surface area contributed by atoms with Crippen LogP contribution in [0, 0.1) is 0 Å². The van der Waals surface area contributed by atoms with Crippen molar-refractivity contribution >= 4 is 70.9 Å². The van der Waals surface area contributed by atoms with Gasteiger partial charge in [-0.05, 0) is 64.4 Å². The highest BCUT2D eigenvalue weighted by atomic mass is 15.0. The summed E-state index contributed by atoms with van der Waals surface area (Å²) < 4.78 is 4.79. The van der Waals surface area contributed by atoms with Gasteiger partial charge in [0.1, 0.15) is 5.65 Å². The molecule has 0 spiro atoms. The molecule has 204 valence electrons. The third-order valence-corrected chi connectivity index (χ3v) is 9.26. The molecule has 0 aliphatic carbocycles. The Morgan fingerprint density at radius 2 is 1.14 bits per heavy atom. The van der Waals surface area contributed by atoms with Crippen LogP contribution in [0.4, 0.5) is 0 Å². The van der Waals surface area contributed by atoms with Crippen molar-refractivity contribution in [1.82, 2.24) is 14.0 Å². The minimum Gasteiger partial charge on any atom is -0.309 e. The second kappa shape index (κ2) is 8.79. The summed E-state index contributed by atoms with van der Waals surface area (Å²) in [6.07, 6.45) is 0. The van der Waals surface area contributed by atoms with Gasteiger partial charge in [0.25, 0.3) is 0 Å². The third-order valence-electron chi connectivity index (χ3n) is 9.26. The van der Waals surface area contributed by atoms with Crippen molar-refractivity contribution in [3.8, 4) is 16.8 Å². The predicted molar refractivity (Wildman–Crippen MR) is 185 cm³/mol.